The van der Waals surface area contributed by atoms with Crippen LogP contribution in [0.3, 0.4) is 0 Å². The van der Waals surface area contributed by atoms with Gasteiger partial charge in [0.05, 0.1) is 12.2 Å². The summed E-state index contributed by atoms with van der Waals surface area (Å²) in [6.07, 6.45) is 1.19. The van der Waals surface area contributed by atoms with Crippen molar-refractivity contribution in [2.75, 3.05) is 19.8 Å². The lowest BCUT2D eigenvalue weighted by atomic mass is 9.68. The minimum Gasteiger partial charge on any atom is -0.460 e. The van der Waals surface area contributed by atoms with Crippen molar-refractivity contribution in [3.63, 3.8) is 0 Å². The van der Waals surface area contributed by atoms with Crippen LogP contribution in [0.4, 0.5) is 0 Å². The Bertz CT molecular complexity index is 885. The number of Topliss-reactive ketones (excluding diaryl/α,β-unsaturated/α-hetero) is 1. The van der Waals surface area contributed by atoms with E-state index >= 15 is 0 Å². The largest absolute Gasteiger partial charge is 0.460 e. The van der Waals surface area contributed by atoms with Gasteiger partial charge in [0, 0.05) is 40.9 Å². The summed E-state index contributed by atoms with van der Waals surface area (Å²) < 4.78 is 10.7. The van der Waals surface area contributed by atoms with Gasteiger partial charge in [-0.25, -0.2) is 4.79 Å². The highest BCUT2D eigenvalue weighted by atomic mass is 35.5. The van der Waals surface area contributed by atoms with Crippen LogP contribution in [0.15, 0.2) is 46.8 Å². The zero-order valence-corrected chi connectivity index (χ0v) is 18.2. The normalized spacial score (nSPS) is 21.0. The molecule has 1 heterocycles. The average Bonchev–Trinajstić information content (AvgIpc) is 2.63. The van der Waals surface area contributed by atoms with E-state index in [-0.39, 0.29) is 17.8 Å². The number of ether oxygens (including phenoxy) is 2. The fourth-order valence-corrected chi connectivity index (χ4v) is 4.34. The van der Waals surface area contributed by atoms with Crippen molar-refractivity contribution in [1.29, 1.82) is 0 Å². The quantitative estimate of drug-likeness (QED) is 0.544. The zero-order valence-electron chi connectivity index (χ0n) is 17.4. The van der Waals surface area contributed by atoms with Crippen LogP contribution >= 0.6 is 11.6 Å². The highest BCUT2D eigenvalue weighted by molar-refractivity contribution is 6.30. The maximum Gasteiger partial charge on any atom is 0.336 e. The smallest absolute Gasteiger partial charge is 0.336 e. The van der Waals surface area contributed by atoms with Gasteiger partial charge in [-0.15, -0.1) is 0 Å². The second-order valence-electron chi connectivity index (χ2n) is 8.32. The van der Waals surface area contributed by atoms with E-state index in [2.05, 4.69) is 19.2 Å². The number of nitrogens with one attached hydrogen (secondary N) is 1. The molecule has 1 aliphatic heterocycles. The molecule has 0 aromatic heterocycles. The molecule has 5 nitrogen and oxygen atoms in total. The van der Waals surface area contributed by atoms with Gasteiger partial charge in [-0.3, -0.25) is 4.79 Å². The van der Waals surface area contributed by atoms with Crippen molar-refractivity contribution in [3.05, 3.63) is 57.4 Å². The minimum absolute atomic E-state index is 0.0563. The summed E-state index contributed by atoms with van der Waals surface area (Å²) in [5.74, 6) is -0.877. The van der Waals surface area contributed by atoms with E-state index in [1.807, 2.05) is 32.0 Å². The fourth-order valence-electron chi connectivity index (χ4n) is 4.14. The van der Waals surface area contributed by atoms with E-state index in [9.17, 15) is 9.59 Å². The number of esters is 1. The lowest BCUT2D eigenvalue weighted by Gasteiger charge is -2.39. The van der Waals surface area contributed by atoms with Crippen LogP contribution in [-0.2, 0) is 19.1 Å². The summed E-state index contributed by atoms with van der Waals surface area (Å²) >= 11 is 6.24. The molecule has 0 unspecified atom stereocenters. The Labute approximate surface area is 177 Å². The number of ketones is 1. The van der Waals surface area contributed by atoms with Crippen LogP contribution in [0.25, 0.3) is 0 Å². The van der Waals surface area contributed by atoms with Crippen molar-refractivity contribution in [2.45, 2.75) is 46.5 Å². The van der Waals surface area contributed by atoms with Gasteiger partial charge in [-0.1, -0.05) is 37.6 Å². The number of benzene rings is 1. The van der Waals surface area contributed by atoms with Crippen molar-refractivity contribution in [1.82, 2.24) is 5.32 Å². The van der Waals surface area contributed by atoms with E-state index in [0.717, 1.165) is 17.7 Å². The first-order valence-corrected chi connectivity index (χ1v) is 10.4. The van der Waals surface area contributed by atoms with Crippen LogP contribution in [-0.4, -0.2) is 31.6 Å². The summed E-state index contributed by atoms with van der Waals surface area (Å²) in [7, 11) is 0. The molecule has 0 bridgehead atoms. The molecule has 156 valence electrons. The van der Waals surface area contributed by atoms with Crippen LogP contribution in [0.2, 0.25) is 5.02 Å². The van der Waals surface area contributed by atoms with Gasteiger partial charge in [-0.2, -0.15) is 0 Å². The molecule has 1 atom stereocenters. The summed E-state index contributed by atoms with van der Waals surface area (Å²) in [5.41, 5.74) is 3.39. The van der Waals surface area contributed by atoms with E-state index in [1.165, 1.54) is 0 Å². The lowest BCUT2D eigenvalue weighted by molar-refractivity contribution is -0.140. The molecule has 0 fully saturated rings. The molecular formula is C23H28ClNO4. The number of halogens is 1. The summed E-state index contributed by atoms with van der Waals surface area (Å²) in [6.45, 7) is 8.98. The number of allylic oxidation sites excluding steroid dienone is 3. The average molecular weight is 418 g/mol. The number of hydrogen-bond acceptors (Lipinski definition) is 5. The Hall–Kier alpha value is -2.11. The second kappa shape index (κ2) is 8.72. The van der Waals surface area contributed by atoms with Crippen LogP contribution < -0.4 is 5.32 Å². The van der Waals surface area contributed by atoms with Crippen molar-refractivity contribution < 1.29 is 19.1 Å². The van der Waals surface area contributed by atoms with E-state index in [0.29, 0.717) is 41.5 Å². The highest BCUT2D eigenvalue weighted by Crippen LogP contribution is 2.47. The number of carbonyl (C=O) groups excluding carboxylic acids is 2. The first kappa shape index (κ1) is 21.6. The Morgan fingerprint density at radius 1 is 1.28 bits per heavy atom. The van der Waals surface area contributed by atoms with Gasteiger partial charge in [-0.05, 0) is 43.4 Å². The van der Waals surface area contributed by atoms with Crippen LogP contribution in [0.5, 0.6) is 0 Å². The van der Waals surface area contributed by atoms with Crippen LogP contribution in [0.1, 0.15) is 52.0 Å². The van der Waals surface area contributed by atoms with Gasteiger partial charge in [0.1, 0.15) is 6.61 Å². The van der Waals surface area contributed by atoms with Crippen molar-refractivity contribution in [2.24, 2.45) is 5.41 Å². The molecule has 1 aromatic rings. The first-order chi connectivity index (χ1) is 13.7. The highest BCUT2D eigenvalue weighted by Gasteiger charge is 2.43. The van der Waals surface area contributed by atoms with Crippen molar-refractivity contribution >= 4 is 23.4 Å². The molecule has 0 amide bonds. The molecule has 1 aromatic carbocycles. The molecule has 1 aliphatic carbocycles. The summed E-state index contributed by atoms with van der Waals surface area (Å²) in [6, 6.07) is 7.34. The number of carbonyl (C=O) groups is 2. The van der Waals surface area contributed by atoms with E-state index in [4.69, 9.17) is 21.1 Å². The first-order valence-electron chi connectivity index (χ1n) is 9.98. The third kappa shape index (κ3) is 4.73. The van der Waals surface area contributed by atoms with Gasteiger partial charge >= 0.3 is 5.97 Å². The number of rotatable bonds is 6. The predicted octanol–water partition coefficient (Wildman–Crippen LogP) is 4.52. The Balaban J connectivity index is 2.03. The van der Waals surface area contributed by atoms with Gasteiger partial charge < -0.3 is 14.8 Å². The van der Waals surface area contributed by atoms with Gasteiger partial charge in [0.15, 0.2) is 5.78 Å². The molecule has 1 N–H and O–H groups in total. The van der Waals surface area contributed by atoms with Crippen LogP contribution in [0, 0.1) is 5.41 Å². The molecule has 6 heteroatoms. The third-order valence-corrected chi connectivity index (χ3v) is 5.54. The molecule has 3 rings (SSSR count). The molecule has 0 radical (unpaired) electrons. The Morgan fingerprint density at radius 3 is 2.72 bits per heavy atom. The SMILES string of the molecule is CCOCCOC(=O)C1=C(C)NC2=C(C(=O)CC(C)(C)C2)[C@@H]1c1cccc(Cl)c1. The molecular weight excluding hydrogens is 390 g/mol. The van der Waals surface area contributed by atoms with Gasteiger partial charge in [0.25, 0.3) is 0 Å². The topological polar surface area (TPSA) is 64.6 Å². The number of hydrogen-bond donors (Lipinski definition) is 1. The molecule has 0 saturated carbocycles. The molecule has 29 heavy (non-hydrogen) atoms. The second-order valence-corrected chi connectivity index (χ2v) is 8.75. The molecule has 2 aliphatic rings. The Morgan fingerprint density at radius 2 is 2.03 bits per heavy atom. The standard InChI is InChI=1S/C23H28ClNO4/c1-5-28-9-10-29-22(27)19-14(2)25-17-12-23(3,4)13-18(26)21(17)20(19)15-7-6-8-16(24)11-15/h6-8,11,20,25H,5,9-10,12-13H2,1-4H3/t20-/m1/s1. The number of dihydropyridines is 1. The lowest BCUT2D eigenvalue weighted by Crippen LogP contribution is -2.38. The molecule has 0 saturated heterocycles. The maximum atomic E-state index is 13.2. The summed E-state index contributed by atoms with van der Waals surface area (Å²) in [4.78, 5) is 26.2. The zero-order chi connectivity index (χ0) is 21.2. The van der Waals surface area contributed by atoms with E-state index < -0.39 is 11.9 Å². The summed E-state index contributed by atoms with van der Waals surface area (Å²) in [5, 5.41) is 3.89. The fraction of sp³-hybridized carbons (Fsp3) is 0.478. The van der Waals surface area contributed by atoms with Gasteiger partial charge in [0.2, 0.25) is 0 Å². The van der Waals surface area contributed by atoms with E-state index in [1.54, 1.807) is 6.07 Å². The predicted molar refractivity (Wildman–Crippen MR) is 113 cm³/mol. The minimum atomic E-state index is -0.492. The maximum absolute atomic E-state index is 13.2. The third-order valence-electron chi connectivity index (χ3n) is 5.31. The molecule has 0 spiro atoms. The monoisotopic (exact) mass is 417 g/mol. The Kier molecular flexibility index (Phi) is 6.49. The van der Waals surface area contributed by atoms with Crippen molar-refractivity contribution in [3.8, 4) is 0 Å².